The Morgan fingerprint density at radius 3 is 2.25 bits per heavy atom. The predicted octanol–water partition coefficient (Wildman–Crippen LogP) is 2.74. The van der Waals surface area contributed by atoms with Gasteiger partial charge in [-0.15, -0.1) is 0 Å². The van der Waals surface area contributed by atoms with Crippen LogP contribution in [0.15, 0.2) is 42.5 Å². The fourth-order valence-corrected chi connectivity index (χ4v) is 4.15. The maximum Gasteiger partial charge on any atom is 0.326 e. The molecule has 2 aromatic carbocycles. The number of amides is 2. The van der Waals surface area contributed by atoms with Crippen molar-refractivity contribution < 1.29 is 23.9 Å². The highest BCUT2D eigenvalue weighted by Crippen LogP contribution is 2.37. The maximum atomic E-state index is 12.4. The summed E-state index contributed by atoms with van der Waals surface area (Å²) in [6.45, 7) is -0.837. The molecule has 6 heteroatoms. The van der Waals surface area contributed by atoms with Gasteiger partial charge >= 0.3 is 5.97 Å². The molecular weight excluding hydrogens is 358 g/mol. The minimum absolute atomic E-state index is 0.285. The molecule has 0 aromatic heterocycles. The molecule has 1 aliphatic heterocycles. The van der Waals surface area contributed by atoms with Crippen molar-refractivity contribution in [1.82, 2.24) is 4.90 Å². The van der Waals surface area contributed by atoms with Gasteiger partial charge in [0.25, 0.3) is 0 Å². The highest BCUT2D eigenvalue weighted by molar-refractivity contribution is 6.07. The van der Waals surface area contributed by atoms with Gasteiger partial charge < -0.3 is 4.74 Å². The number of nitrogens with zero attached hydrogens (tertiary/aromatic N) is 1. The number of Topliss-reactive ketones (excluding diaryl/α,β-unsaturated/α-hetero) is 1. The first-order chi connectivity index (χ1) is 13.5. The summed E-state index contributed by atoms with van der Waals surface area (Å²) in [6, 6.07) is 12.9. The topological polar surface area (TPSA) is 80.8 Å². The number of hydrogen-bond donors (Lipinski definition) is 0. The SMILES string of the molecule is O=C(CN1C(=O)[C@H]2CCCC[C@@H]2C1=O)OCC(=O)c1ccc2ccccc2c1. The van der Waals surface area contributed by atoms with Crippen LogP contribution in [-0.4, -0.2) is 41.6 Å². The number of carbonyl (C=O) groups is 4. The lowest BCUT2D eigenvalue weighted by molar-refractivity contribution is -0.152. The van der Waals surface area contributed by atoms with E-state index in [9.17, 15) is 19.2 Å². The first-order valence-corrected chi connectivity index (χ1v) is 9.57. The fourth-order valence-electron chi connectivity index (χ4n) is 4.15. The van der Waals surface area contributed by atoms with Gasteiger partial charge in [-0.2, -0.15) is 0 Å². The van der Waals surface area contributed by atoms with Gasteiger partial charge in [0.15, 0.2) is 12.4 Å². The van der Waals surface area contributed by atoms with E-state index in [-0.39, 0.29) is 29.4 Å². The maximum absolute atomic E-state index is 12.4. The summed E-state index contributed by atoms with van der Waals surface area (Å²) in [5.74, 6) is -2.23. The summed E-state index contributed by atoms with van der Waals surface area (Å²) < 4.78 is 5.05. The third-order valence-electron chi connectivity index (χ3n) is 5.66. The quantitative estimate of drug-likeness (QED) is 0.453. The normalized spacial score (nSPS) is 21.6. The molecule has 2 aromatic rings. The molecule has 2 amide bonds. The first kappa shape index (κ1) is 18.3. The minimum atomic E-state index is -0.741. The van der Waals surface area contributed by atoms with Crippen molar-refractivity contribution in [2.75, 3.05) is 13.2 Å². The zero-order valence-electron chi connectivity index (χ0n) is 15.4. The van der Waals surface area contributed by atoms with Crippen LogP contribution >= 0.6 is 0 Å². The zero-order valence-corrected chi connectivity index (χ0v) is 15.4. The summed E-state index contributed by atoms with van der Waals surface area (Å²) >= 11 is 0. The van der Waals surface area contributed by atoms with E-state index < -0.39 is 19.1 Å². The fraction of sp³-hybridized carbons (Fsp3) is 0.364. The van der Waals surface area contributed by atoms with Crippen LogP contribution in [0.5, 0.6) is 0 Å². The van der Waals surface area contributed by atoms with Gasteiger partial charge in [-0.3, -0.25) is 24.1 Å². The first-order valence-electron chi connectivity index (χ1n) is 9.57. The number of ether oxygens (including phenoxy) is 1. The van der Waals surface area contributed by atoms with Crippen LogP contribution in [0.3, 0.4) is 0 Å². The number of ketones is 1. The van der Waals surface area contributed by atoms with E-state index in [1.807, 2.05) is 30.3 Å². The molecule has 0 radical (unpaired) electrons. The Labute approximate surface area is 162 Å². The lowest BCUT2D eigenvalue weighted by Crippen LogP contribution is -2.37. The van der Waals surface area contributed by atoms with Gasteiger partial charge in [-0.25, -0.2) is 0 Å². The van der Waals surface area contributed by atoms with Crippen LogP contribution in [0.4, 0.5) is 0 Å². The van der Waals surface area contributed by atoms with Crippen LogP contribution < -0.4 is 0 Å². The van der Waals surface area contributed by atoms with Gasteiger partial charge in [-0.1, -0.05) is 49.2 Å². The third kappa shape index (κ3) is 3.42. The van der Waals surface area contributed by atoms with E-state index in [1.54, 1.807) is 12.1 Å². The lowest BCUT2D eigenvalue weighted by atomic mass is 9.81. The second-order valence-corrected chi connectivity index (χ2v) is 7.41. The van der Waals surface area contributed by atoms with E-state index in [1.165, 1.54) is 0 Å². The van der Waals surface area contributed by atoms with Crippen LogP contribution in [0.1, 0.15) is 36.0 Å². The monoisotopic (exact) mass is 379 g/mol. The van der Waals surface area contributed by atoms with Crippen LogP contribution in [0.2, 0.25) is 0 Å². The van der Waals surface area contributed by atoms with Crippen molar-refractivity contribution in [1.29, 1.82) is 0 Å². The van der Waals surface area contributed by atoms with E-state index in [2.05, 4.69) is 0 Å². The van der Waals surface area contributed by atoms with Crippen molar-refractivity contribution >= 4 is 34.3 Å². The van der Waals surface area contributed by atoms with Crippen molar-refractivity contribution in [3.05, 3.63) is 48.0 Å². The van der Waals surface area contributed by atoms with E-state index in [4.69, 9.17) is 4.74 Å². The van der Waals surface area contributed by atoms with Gasteiger partial charge in [-0.05, 0) is 29.7 Å². The van der Waals surface area contributed by atoms with Crippen molar-refractivity contribution in [3.8, 4) is 0 Å². The molecule has 0 spiro atoms. The minimum Gasteiger partial charge on any atom is -0.456 e. The van der Waals surface area contributed by atoms with Gasteiger partial charge in [0.1, 0.15) is 6.54 Å². The zero-order chi connectivity index (χ0) is 19.7. The molecule has 28 heavy (non-hydrogen) atoms. The molecule has 1 aliphatic carbocycles. The van der Waals surface area contributed by atoms with Crippen molar-refractivity contribution in [2.45, 2.75) is 25.7 Å². The van der Waals surface area contributed by atoms with Crippen LogP contribution in [0, 0.1) is 11.8 Å². The molecule has 1 saturated heterocycles. The Hall–Kier alpha value is -3.02. The molecule has 0 bridgehead atoms. The molecule has 2 aliphatic rings. The predicted molar refractivity (Wildman–Crippen MR) is 101 cm³/mol. The number of carbonyl (C=O) groups excluding carboxylic acids is 4. The average Bonchev–Trinajstić information content (AvgIpc) is 2.97. The Morgan fingerprint density at radius 2 is 1.57 bits per heavy atom. The van der Waals surface area contributed by atoms with E-state index in [0.29, 0.717) is 18.4 Å². The Bertz CT molecular complexity index is 942. The number of esters is 1. The Morgan fingerprint density at radius 1 is 0.929 bits per heavy atom. The number of fused-ring (bicyclic) bond motifs is 2. The molecule has 2 atom stereocenters. The molecule has 4 rings (SSSR count). The van der Waals surface area contributed by atoms with Gasteiger partial charge in [0.2, 0.25) is 11.8 Å². The summed E-state index contributed by atoms with van der Waals surface area (Å²) in [5, 5.41) is 1.94. The number of benzene rings is 2. The lowest BCUT2D eigenvalue weighted by Gasteiger charge is -2.19. The molecule has 6 nitrogen and oxygen atoms in total. The molecule has 144 valence electrons. The molecule has 0 unspecified atom stereocenters. The smallest absolute Gasteiger partial charge is 0.326 e. The van der Waals surface area contributed by atoms with Gasteiger partial charge in [0.05, 0.1) is 11.8 Å². The number of rotatable bonds is 5. The molecule has 2 fully saturated rings. The summed E-state index contributed by atoms with van der Waals surface area (Å²) in [4.78, 5) is 50.3. The summed E-state index contributed by atoms with van der Waals surface area (Å²) in [7, 11) is 0. The molecule has 1 saturated carbocycles. The highest BCUT2D eigenvalue weighted by Gasteiger charge is 2.48. The van der Waals surface area contributed by atoms with Crippen LogP contribution in [0.25, 0.3) is 10.8 Å². The van der Waals surface area contributed by atoms with Gasteiger partial charge in [0, 0.05) is 5.56 Å². The van der Waals surface area contributed by atoms with E-state index in [0.717, 1.165) is 28.5 Å². The Balaban J connectivity index is 1.35. The number of likely N-dealkylation sites (tertiary alicyclic amines) is 1. The molecule has 0 N–H and O–H groups in total. The van der Waals surface area contributed by atoms with E-state index >= 15 is 0 Å². The third-order valence-corrected chi connectivity index (χ3v) is 5.66. The standard InChI is InChI=1S/C22H21NO5/c24-19(16-10-9-14-5-1-2-6-15(14)11-16)13-28-20(25)12-23-21(26)17-7-3-4-8-18(17)22(23)27/h1-2,5-6,9-11,17-18H,3-4,7-8,12-13H2/t17-,18-/m0/s1. The second kappa shape index (κ2) is 7.54. The Kier molecular flexibility index (Phi) is 4.94. The van der Waals surface area contributed by atoms with Crippen LogP contribution in [-0.2, 0) is 19.1 Å². The summed E-state index contributed by atoms with van der Waals surface area (Å²) in [5.41, 5.74) is 0.450. The number of imide groups is 1. The number of hydrogen-bond acceptors (Lipinski definition) is 5. The summed E-state index contributed by atoms with van der Waals surface area (Å²) in [6.07, 6.45) is 3.25. The molecular formula is C22H21NO5. The largest absolute Gasteiger partial charge is 0.456 e. The molecule has 1 heterocycles. The van der Waals surface area contributed by atoms with Crippen molar-refractivity contribution in [3.63, 3.8) is 0 Å². The highest BCUT2D eigenvalue weighted by atomic mass is 16.5. The second-order valence-electron chi connectivity index (χ2n) is 7.41. The average molecular weight is 379 g/mol. The van der Waals surface area contributed by atoms with Crippen molar-refractivity contribution in [2.24, 2.45) is 11.8 Å².